The van der Waals surface area contributed by atoms with Crippen LogP contribution in [0, 0.1) is 0 Å². The van der Waals surface area contributed by atoms with Crippen LogP contribution in [0.25, 0.3) is 0 Å². The van der Waals surface area contributed by atoms with Crippen molar-refractivity contribution in [2.24, 2.45) is 0 Å². The van der Waals surface area contributed by atoms with E-state index in [0.717, 1.165) is 0 Å². The predicted molar refractivity (Wildman–Crippen MR) is 63.7 cm³/mol. The van der Waals surface area contributed by atoms with Crippen molar-refractivity contribution in [1.29, 1.82) is 0 Å². The van der Waals surface area contributed by atoms with Crippen molar-refractivity contribution >= 4 is 29.0 Å². The van der Waals surface area contributed by atoms with E-state index in [1.54, 1.807) is 35.1 Å². The van der Waals surface area contributed by atoms with Crippen LogP contribution in [0.2, 0.25) is 10.0 Å². The van der Waals surface area contributed by atoms with Crippen LogP contribution >= 0.6 is 23.2 Å². The first-order valence-electron chi connectivity index (χ1n) is 4.51. The summed E-state index contributed by atoms with van der Waals surface area (Å²) in [5.41, 5.74) is 5.47. The van der Waals surface area contributed by atoms with Crippen molar-refractivity contribution in [2.75, 3.05) is 5.73 Å². The number of hydrogen-bond donors (Lipinski definition) is 1. The lowest BCUT2D eigenvalue weighted by molar-refractivity contribution is 0.221. The third kappa shape index (κ3) is 2.81. The summed E-state index contributed by atoms with van der Waals surface area (Å²) in [6, 6.07) is 6.69. The van der Waals surface area contributed by atoms with E-state index in [4.69, 9.17) is 33.7 Å². The molecule has 0 aliphatic carbocycles. The van der Waals surface area contributed by atoms with E-state index in [-0.39, 0.29) is 6.73 Å². The van der Waals surface area contributed by atoms with Crippen LogP contribution in [0.3, 0.4) is 0 Å². The van der Waals surface area contributed by atoms with Gasteiger partial charge in [0.1, 0.15) is 11.6 Å². The maximum absolute atomic E-state index is 5.83. The van der Waals surface area contributed by atoms with Gasteiger partial charge >= 0.3 is 0 Å². The summed E-state index contributed by atoms with van der Waals surface area (Å²) in [4.78, 5) is 0. The van der Waals surface area contributed by atoms with Crippen LogP contribution in [0.5, 0.6) is 5.75 Å². The number of ether oxygens (including phenoxy) is 1. The number of halogens is 2. The Morgan fingerprint density at radius 2 is 1.94 bits per heavy atom. The van der Waals surface area contributed by atoms with Crippen molar-refractivity contribution < 1.29 is 4.74 Å². The molecule has 16 heavy (non-hydrogen) atoms. The highest BCUT2D eigenvalue weighted by molar-refractivity contribution is 6.34. The third-order valence-corrected chi connectivity index (χ3v) is 2.30. The molecular formula is C10H9Cl2N3O. The second-order valence-electron chi connectivity index (χ2n) is 3.16. The van der Waals surface area contributed by atoms with Gasteiger partial charge in [-0.1, -0.05) is 23.2 Å². The lowest BCUT2D eigenvalue weighted by atomic mass is 10.3. The molecule has 2 aromatic rings. The topological polar surface area (TPSA) is 53.1 Å². The van der Waals surface area contributed by atoms with Crippen molar-refractivity contribution in [1.82, 2.24) is 9.78 Å². The average Bonchev–Trinajstić information content (AvgIpc) is 2.60. The first kappa shape index (κ1) is 11.1. The van der Waals surface area contributed by atoms with Gasteiger partial charge in [0.25, 0.3) is 0 Å². The average molecular weight is 258 g/mol. The molecule has 0 saturated carbocycles. The SMILES string of the molecule is Nc1ccn(COc2cc(Cl)cc(Cl)c2)n1. The highest BCUT2D eigenvalue weighted by Gasteiger charge is 2.00. The van der Waals surface area contributed by atoms with Crippen LogP contribution in [-0.2, 0) is 6.73 Å². The highest BCUT2D eigenvalue weighted by Crippen LogP contribution is 2.24. The van der Waals surface area contributed by atoms with Crippen molar-refractivity contribution in [3.8, 4) is 5.75 Å². The first-order chi connectivity index (χ1) is 7.63. The molecule has 0 aliphatic heterocycles. The van der Waals surface area contributed by atoms with Crippen LogP contribution in [-0.4, -0.2) is 9.78 Å². The lowest BCUT2D eigenvalue weighted by Gasteiger charge is -2.06. The molecule has 0 spiro atoms. The number of nitrogens with zero attached hydrogens (tertiary/aromatic N) is 2. The second-order valence-corrected chi connectivity index (χ2v) is 4.03. The predicted octanol–water partition coefficient (Wildman–Crippen LogP) is 2.81. The minimum Gasteiger partial charge on any atom is -0.471 e. The number of nitrogen functional groups attached to an aromatic ring is 1. The number of aromatic nitrogens is 2. The van der Waals surface area contributed by atoms with Gasteiger partial charge in [-0.3, -0.25) is 0 Å². The lowest BCUT2D eigenvalue weighted by Crippen LogP contribution is -2.06. The molecule has 0 radical (unpaired) electrons. The van der Waals surface area contributed by atoms with Gasteiger partial charge < -0.3 is 10.5 Å². The maximum atomic E-state index is 5.83. The molecule has 0 saturated heterocycles. The van der Waals surface area contributed by atoms with Gasteiger partial charge in [-0.05, 0) is 18.2 Å². The number of hydrogen-bond acceptors (Lipinski definition) is 3. The first-order valence-corrected chi connectivity index (χ1v) is 5.27. The van der Waals surface area contributed by atoms with Gasteiger partial charge in [0, 0.05) is 22.3 Å². The van der Waals surface area contributed by atoms with Crippen LogP contribution < -0.4 is 10.5 Å². The molecule has 0 atom stereocenters. The van der Waals surface area contributed by atoms with Crippen molar-refractivity contribution in [2.45, 2.75) is 6.73 Å². The zero-order valence-corrected chi connectivity index (χ0v) is 9.74. The summed E-state index contributed by atoms with van der Waals surface area (Å²) >= 11 is 11.7. The van der Waals surface area contributed by atoms with Gasteiger partial charge in [0.05, 0.1) is 0 Å². The van der Waals surface area contributed by atoms with Crippen LogP contribution in [0.15, 0.2) is 30.5 Å². The Morgan fingerprint density at radius 1 is 1.25 bits per heavy atom. The molecule has 1 aromatic heterocycles. The molecule has 0 unspecified atom stereocenters. The molecule has 2 rings (SSSR count). The van der Waals surface area contributed by atoms with Gasteiger partial charge in [0.2, 0.25) is 0 Å². The Labute approximate surface area is 103 Å². The van der Waals surface area contributed by atoms with Gasteiger partial charge in [-0.2, -0.15) is 5.10 Å². The monoisotopic (exact) mass is 257 g/mol. The minimum absolute atomic E-state index is 0.258. The summed E-state index contributed by atoms with van der Waals surface area (Å²) in [6.07, 6.45) is 1.72. The van der Waals surface area contributed by atoms with Crippen LogP contribution in [0.4, 0.5) is 5.82 Å². The molecule has 0 bridgehead atoms. The van der Waals surface area contributed by atoms with E-state index >= 15 is 0 Å². The number of nitrogens with two attached hydrogens (primary N) is 1. The summed E-state index contributed by atoms with van der Waals surface area (Å²) in [7, 11) is 0. The van der Waals surface area contributed by atoms with Gasteiger partial charge in [0.15, 0.2) is 6.73 Å². The Kier molecular flexibility index (Phi) is 3.22. The molecule has 0 amide bonds. The fourth-order valence-electron chi connectivity index (χ4n) is 1.20. The summed E-state index contributed by atoms with van der Waals surface area (Å²) in [6.45, 7) is 0.258. The van der Waals surface area contributed by atoms with E-state index in [1.165, 1.54) is 0 Å². The largest absolute Gasteiger partial charge is 0.471 e. The quantitative estimate of drug-likeness (QED) is 0.920. The van der Waals surface area contributed by atoms with Crippen molar-refractivity contribution in [3.05, 3.63) is 40.5 Å². The summed E-state index contributed by atoms with van der Waals surface area (Å²) in [5.74, 6) is 1.04. The Morgan fingerprint density at radius 3 is 2.50 bits per heavy atom. The summed E-state index contributed by atoms with van der Waals surface area (Å²) in [5, 5.41) is 5.03. The molecule has 2 N–H and O–H groups in total. The molecule has 1 aromatic carbocycles. The molecule has 0 fully saturated rings. The standard InChI is InChI=1S/C10H9Cl2N3O/c11-7-3-8(12)5-9(4-7)16-6-15-2-1-10(13)14-15/h1-5H,6H2,(H2,13,14). The van der Waals surface area contributed by atoms with E-state index in [9.17, 15) is 0 Å². The van der Waals surface area contributed by atoms with Crippen molar-refractivity contribution in [3.63, 3.8) is 0 Å². The number of rotatable bonds is 3. The smallest absolute Gasteiger partial charge is 0.180 e. The zero-order chi connectivity index (χ0) is 11.5. The number of benzene rings is 1. The summed E-state index contributed by atoms with van der Waals surface area (Å²) < 4.78 is 7.02. The Hall–Kier alpha value is -1.39. The normalized spacial score (nSPS) is 10.4. The molecular weight excluding hydrogens is 249 g/mol. The van der Waals surface area contributed by atoms with E-state index in [0.29, 0.717) is 21.6 Å². The molecule has 84 valence electrons. The van der Waals surface area contributed by atoms with E-state index in [2.05, 4.69) is 5.10 Å². The zero-order valence-electron chi connectivity index (χ0n) is 8.23. The fourth-order valence-corrected chi connectivity index (χ4v) is 1.71. The molecule has 4 nitrogen and oxygen atoms in total. The number of anilines is 1. The Bertz CT molecular complexity index is 478. The molecule has 6 heteroatoms. The van der Waals surface area contributed by atoms with E-state index < -0.39 is 0 Å². The second kappa shape index (κ2) is 4.63. The van der Waals surface area contributed by atoms with Gasteiger partial charge in [-0.25, -0.2) is 4.68 Å². The maximum Gasteiger partial charge on any atom is 0.180 e. The molecule has 1 heterocycles. The van der Waals surface area contributed by atoms with Crippen LogP contribution in [0.1, 0.15) is 0 Å². The third-order valence-electron chi connectivity index (χ3n) is 1.86. The van der Waals surface area contributed by atoms with E-state index in [1.807, 2.05) is 0 Å². The van der Waals surface area contributed by atoms with Gasteiger partial charge in [-0.15, -0.1) is 0 Å². The minimum atomic E-state index is 0.258. The fraction of sp³-hybridized carbons (Fsp3) is 0.100. The Balaban J connectivity index is 2.04. The molecule has 0 aliphatic rings. The highest BCUT2D eigenvalue weighted by atomic mass is 35.5.